The number of methoxy groups -OCH3 is 1. The number of hydrogen-bond acceptors (Lipinski definition) is 4. The van der Waals surface area contributed by atoms with Crippen LogP contribution in [0.25, 0.3) is 0 Å². The third kappa shape index (κ3) is 2.42. The molecule has 5 heteroatoms. The second-order valence-electron chi connectivity index (χ2n) is 4.87. The third-order valence-corrected chi connectivity index (χ3v) is 4.04. The standard InChI is InChI=1S/C14H15BrO4/c1-17-7-9-3-5-12-14(18-9)13(16)10-6-8(15)2-4-11(10)19-12/h2,4,6,9,12,14H,3,5,7H2,1H3/t9?,12?,14-/m0/s1. The zero-order valence-corrected chi connectivity index (χ0v) is 12.2. The van der Waals surface area contributed by atoms with Gasteiger partial charge in [-0.1, -0.05) is 15.9 Å². The van der Waals surface area contributed by atoms with Crippen LogP contribution in [-0.2, 0) is 9.47 Å². The van der Waals surface area contributed by atoms with Gasteiger partial charge in [0.2, 0.25) is 0 Å². The van der Waals surface area contributed by atoms with Crippen molar-refractivity contribution < 1.29 is 19.0 Å². The Bertz CT molecular complexity index is 502. The van der Waals surface area contributed by atoms with Crippen molar-refractivity contribution in [1.29, 1.82) is 0 Å². The van der Waals surface area contributed by atoms with E-state index in [1.54, 1.807) is 13.2 Å². The van der Waals surface area contributed by atoms with Gasteiger partial charge >= 0.3 is 0 Å². The summed E-state index contributed by atoms with van der Waals surface area (Å²) in [6, 6.07) is 5.50. The monoisotopic (exact) mass is 326 g/mol. The zero-order chi connectivity index (χ0) is 13.4. The zero-order valence-electron chi connectivity index (χ0n) is 10.6. The van der Waals surface area contributed by atoms with Crippen LogP contribution in [0.2, 0.25) is 0 Å². The molecule has 0 spiro atoms. The highest BCUT2D eigenvalue weighted by Gasteiger charge is 2.42. The van der Waals surface area contributed by atoms with Gasteiger partial charge in [0.1, 0.15) is 11.9 Å². The molecule has 0 N–H and O–H groups in total. The number of hydrogen-bond donors (Lipinski definition) is 0. The number of Topliss-reactive ketones (excluding diaryl/α,β-unsaturated/α-hetero) is 1. The van der Waals surface area contributed by atoms with E-state index in [4.69, 9.17) is 14.2 Å². The Morgan fingerprint density at radius 3 is 3.05 bits per heavy atom. The van der Waals surface area contributed by atoms with Gasteiger partial charge in [-0.15, -0.1) is 0 Å². The topological polar surface area (TPSA) is 44.8 Å². The van der Waals surface area contributed by atoms with E-state index in [-0.39, 0.29) is 18.0 Å². The Morgan fingerprint density at radius 1 is 1.42 bits per heavy atom. The molecule has 1 fully saturated rings. The average Bonchev–Trinajstić information content (AvgIpc) is 2.41. The number of rotatable bonds is 2. The van der Waals surface area contributed by atoms with Crippen molar-refractivity contribution in [2.24, 2.45) is 0 Å². The Balaban J connectivity index is 1.87. The molecule has 2 unspecified atom stereocenters. The molecule has 2 aliphatic heterocycles. The molecule has 1 aromatic carbocycles. The van der Waals surface area contributed by atoms with Crippen LogP contribution >= 0.6 is 15.9 Å². The van der Waals surface area contributed by atoms with Crippen molar-refractivity contribution in [3.63, 3.8) is 0 Å². The maximum atomic E-state index is 12.5. The first kappa shape index (κ1) is 13.1. The molecule has 3 rings (SSSR count). The predicted molar refractivity (Wildman–Crippen MR) is 72.7 cm³/mol. The quantitative estimate of drug-likeness (QED) is 0.838. The van der Waals surface area contributed by atoms with Crippen molar-refractivity contribution in [2.45, 2.75) is 31.2 Å². The van der Waals surface area contributed by atoms with Crippen LogP contribution in [0.4, 0.5) is 0 Å². The lowest BCUT2D eigenvalue weighted by Gasteiger charge is -2.38. The molecule has 4 nitrogen and oxygen atoms in total. The molecule has 0 aromatic heterocycles. The van der Waals surface area contributed by atoms with E-state index < -0.39 is 6.10 Å². The molecule has 19 heavy (non-hydrogen) atoms. The van der Waals surface area contributed by atoms with Gasteiger partial charge in [-0.2, -0.15) is 0 Å². The minimum atomic E-state index is -0.504. The van der Waals surface area contributed by atoms with Crippen molar-refractivity contribution in [3.05, 3.63) is 28.2 Å². The van der Waals surface area contributed by atoms with E-state index in [1.807, 2.05) is 12.1 Å². The summed E-state index contributed by atoms with van der Waals surface area (Å²) in [5, 5.41) is 0. The van der Waals surface area contributed by atoms with Crippen LogP contribution in [0.5, 0.6) is 5.75 Å². The SMILES string of the molecule is COCC1CCC2Oc3ccc(Br)cc3C(=O)[C@H]2O1. The van der Waals surface area contributed by atoms with E-state index in [2.05, 4.69) is 15.9 Å². The first-order valence-corrected chi connectivity index (χ1v) is 7.13. The predicted octanol–water partition coefficient (Wildman–Crippen LogP) is 2.59. The number of carbonyl (C=O) groups excluding carboxylic acids is 1. The van der Waals surface area contributed by atoms with Crippen LogP contribution in [-0.4, -0.2) is 37.8 Å². The van der Waals surface area contributed by atoms with Crippen LogP contribution < -0.4 is 4.74 Å². The molecule has 1 aromatic rings. The van der Waals surface area contributed by atoms with Crippen molar-refractivity contribution in [2.75, 3.05) is 13.7 Å². The smallest absolute Gasteiger partial charge is 0.199 e. The molecule has 0 amide bonds. The van der Waals surface area contributed by atoms with E-state index in [9.17, 15) is 4.79 Å². The minimum Gasteiger partial charge on any atom is -0.486 e. The normalized spacial score (nSPS) is 29.4. The molecule has 2 aliphatic rings. The second kappa shape index (κ2) is 5.23. The minimum absolute atomic E-state index is 0.00773. The van der Waals surface area contributed by atoms with Gasteiger partial charge in [0.25, 0.3) is 0 Å². The Hall–Kier alpha value is -0.910. The maximum absolute atomic E-state index is 12.5. The van der Waals surface area contributed by atoms with Crippen LogP contribution in [0, 0.1) is 0 Å². The van der Waals surface area contributed by atoms with Gasteiger partial charge in [-0.3, -0.25) is 4.79 Å². The lowest BCUT2D eigenvalue weighted by Crippen LogP contribution is -2.50. The number of halogens is 1. The van der Waals surface area contributed by atoms with Crippen LogP contribution in [0.15, 0.2) is 22.7 Å². The number of benzene rings is 1. The Morgan fingerprint density at radius 2 is 2.26 bits per heavy atom. The summed E-state index contributed by atoms with van der Waals surface area (Å²) in [5.41, 5.74) is 0.591. The van der Waals surface area contributed by atoms with E-state index >= 15 is 0 Å². The molecule has 1 saturated heterocycles. The van der Waals surface area contributed by atoms with Crippen molar-refractivity contribution in [3.8, 4) is 5.75 Å². The van der Waals surface area contributed by atoms with Crippen LogP contribution in [0.3, 0.4) is 0 Å². The lowest BCUT2D eigenvalue weighted by atomic mass is 9.92. The molecule has 0 bridgehead atoms. The Labute approximate surface area is 120 Å². The molecule has 0 aliphatic carbocycles. The fourth-order valence-electron chi connectivity index (χ4n) is 2.64. The van der Waals surface area contributed by atoms with Gasteiger partial charge in [0, 0.05) is 11.6 Å². The van der Waals surface area contributed by atoms with Crippen LogP contribution in [0.1, 0.15) is 23.2 Å². The van der Waals surface area contributed by atoms with Gasteiger partial charge < -0.3 is 14.2 Å². The summed E-state index contributed by atoms with van der Waals surface area (Å²) in [4.78, 5) is 12.5. The van der Waals surface area contributed by atoms with Crippen molar-refractivity contribution >= 4 is 21.7 Å². The molecule has 3 atom stereocenters. The number of ketones is 1. The number of fused-ring (bicyclic) bond motifs is 2. The Kier molecular flexibility index (Phi) is 3.60. The highest BCUT2D eigenvalue weighted by Crippen LogP contribution is 2.35. The summed E-state index contributed by atoms with van der Waals surface area (Å²) in [7, 11) is 1.64. The van der Waals surface area contributed by atoms with Gasteiger partial charge in [0.15, 0.2) is 11.9 Å². The second-order valence-corrected chi connectivity index (χ2v) is 5.79. The number of carbonyl (C=O) groups is 1. The van der Waals surface area contributed by atoms with Gasteiger partial charge in [-0.25, -0.2) is 0 Å². The molecule has 2 heterocycles. The first-order chi connectivity index (χ1) is 9.19. The molecular weight excluding hydrogens is 312 g/mol. The highest BCUT2D eigenvalue weighted by atomic mass is 79.9. The maximum Gasteiger partial charge on any atom is 0.199 e. The van der Waals surface area contributed by atoms with Gasteiger partial charge in [-0.05, 0) is 31.0 Å². The number of ether oxygens (including phenoxy) is 3. The molecule has 0 radical (unpaired) electrons. The summed E-state index contributed by atoms with van der Waals surface area (Å²) in [6.45, 7) is 0.516. The summed E-state index contributed by atoms with van der Waals surface area (Å²) >= 11 is 3.37. The lowest BCUT2D eigenvalue weighted by molar-refractivity contribution is -0.112. The van der Waals surface area contributed by atoms with Gasteiger partial charge in [0.05, 0.1) is 18.3 Å². The highest BCUT2D eigenvalue weighted by molar-refractivity contribution is 9.10. The van der Waals surface area contributed by atoms with E-state index in [1.165, 1.54) is 0 Å². The average molecular weight is 327 g/mol. The molecule has 0 saturated carbocycles. The fraction of sp³-hybridized carbons (Fsp3) is 0.500. The fourth-order valence-corrected chi connectivity index (χ4v) is 3.00. The van der Waals surface area contributed by atoms with E-state index in [0.29, 0.717) is 17.9 Å². The third-order valence-electron chi connectivity index (χ3n) is 3.55. The summed E-state index contributed by atoms with van der Waals surface area (Å²) < 4.78 is 17.7. The summed E-state index contributed by atoms with van der Waals surface area (Å²) in [6.07, 6.45) is 0.978. The molecular formula is C14H15BrO4. The van der Waals surface area contributed by atoms with E-state index in [0.717, 1.165) is 17.3 Å². The molecule has 102 valence electrons. The van der Waals surface area contributed by atoms with Crippen molar-refractivity contribution in [1.82, 2.24) is 0 Å². The summed E-state index contributed by atoms with van der Waals surface area (Å²) in [5.74, 6) is 0.664. The first-order valence-electron chi connectivity index (χ1n) is 6.34. The largest absolute Gasteiger partial charge is 0.486 e.